The van der Waals surface area contributed by atoms with Crippen LogP contribution in [0.15, 0.2) is 24.3 Å². The molecule has 4 unspecified atom stereocenters. The lowest BCUT2D eigenvalue weighted by Gasteiger charge is -2.45. The van der Waals surface area contributed by atoms with Crippen LogP contribution in [0.25, 0.3) is 0 Å². The van der Waals surface area contributed by atoms with Crippen LogP contribution in [-0.4, -0.2) is 48.0 Å². The normalized spacial score (nSPS) is 35.5. The lowest BCUT2D eigenvalue weighted by atomic mass is 9.96. The molecule has 0 amide bonds. The van der Waals surface area contributed by atoms with Gasteiger partial charge in [0.25, 0.3) is 0 Å². The largest absolute Gasteiger partial charge is 0.491 e. The third-order valence-corrected chi connectivity index (χ3v) is 4.09. The predicted octanol–water partition coefficient (Wildman–Crippen LogP) is 1.59. The molecule has 2 aliphatic heterocycles. The SMILES string of the molecule is CC1CN(C2COc3ccccc3C2O)C(C)CO1. The summed E-state index contributed by atoms with van der Waals surface area (Å²) in [5.74, 6) is 0.806. The second-order valence-corrected chi connectivity index (χ2v) is 5.55. The maximum atomic E-state index is 10.6. The van der Waals surface area contributed by atoms with Gasteiger partial charge in [-0.2, -0.15) is 0 Å². The average Bonchev–Trinajstić information content (AvgIpc) is 2.43. The summed E-state index contributed by atoms with van der Waals surface area (Å²) < 4.78 is 11.5. The number of rotatable bonds is 1. The lowest BCUT2D eigenvalue weighted by Crippen LogP contribution is -2.56. The van der Waals surface area contributed by atoms with Crippen molar-refractivity contribution in [3.05, 3.63) is 29.8 Å². The summed E-state index contributed by atoms with van der Waals surface area (Å²) in [6.45, 7) is 6.30. The first-order chi connectivity index (χ1) is 9.16. The van der Waals surface area contributed by atoms with E-state index in [4.69, 9.17) is 9.47 Å². The molecule has 1 N–H and O–H groups in total. The Morgan fingerprint density at radius 3 is 2.84 bits per heavy atom. The number of aliphatic hydroxyl groups excluding tert-OH is 1. The van der Waals surface area contributed by atoms with E-state index < -0.39 is 6.10 Å². The number of ether oxygens (including phenoxy) is 2. The van der Waals surface area contributed by atoms with Crippen LogP contribution < -0.4 is 4.74 Å². The van der Waals surface area contributed by atoms with Gasteiger partial charge in [0.2, 0.25) is 0 Å². The Morgan fingerprint density at radius 1 is 1.21 bits per heavy atom. The number of morpholine rings is 1. The van der Waals surface area contributed by atoms with E-state index >= 15 is 0 Å². The molecule has 0 spiro atoms. The standard InChI is InChI=1S/C15H21NO3/c1-10-8-18-11(2)7-16(10)13-9-19-14-6-4-3-5-12(14)15(13)17/h3-6,10-11,13,15,17H,7-9H2,1-2H3. The maximum absolute atomic E-state index is 10.6. The van der Waals surface area contributed by atoms with Crippen LogP contribution in [0.1, 0.15) is 25.5 Å². The van der Waals surface area contributed by atoms with Crippen molar-refractivity contribution in [3.8, 4) is 5.75 Å². The molecule has 19 heavy (non-hydrogen) atoms. The van der Waals surface area contributed by atoms with E-state index in [1.54, 1.807) is 0 Å². The summed E-state index contributed by atoms with van der Waals surface area (Å²) in [5.41, 5.74) is 0.894. The molecular weight excluding hydrogens is 242 g/mol. The van der Waals surface area contributed by atoms with Crippen LogP contribution in [-0.2, 0) is 4.74 Å². The van der Waals surface area contributed by atoms with Crippen LogP contribution in [0.5, 0.6) is 5.75 Å². The quantitative estimate of drug-likeness (QED) is 0.835. The zero-order chi connectivity index (χ0) is 13.4. The van der Waals surface area contributed by atoms with Gasteiger partial charge in [0.1, 0.15) is 18.5 Å². The summed E-state index contributed by atoms with van der Waals surface area (Å²) in [5, 5.41) is 10.6. The van der Waals surface area contributed by atoms with E-state index in [0.29, 0.717) is 19.3 Å². The molecule has 0 bridgehead atoms. The van der Waals surface area contributed by atoms with Crippen LogP contribution >= 0.6 is 0 Å². The smallest absolute Gasteiger partial charge is 0.125 e. The zero-order valence-corrected chi connectivity index (χ0v) is 11.5. The number of hydrogen-bond donors (Lipinski definition) is 1. The highest BCUT2D eigenvalue weighted by molar-refractivity contribution is 5.37. The fraction of sp³-hybridized carbons (Fsp3) is 0.600. The number of nitrogens with zero attached hydrogens (tertiary/aromatic N) is 1. The molecule has 2 aliphatic rings. The first-order valence-electron chi connectivity index (χ1n) is 6.94. The molecule has 104 valence electrons. The molecule has 0 radical (unpaired) electrons. The number of benzene rings is 1. The van der Waals surface area contributed by atoms with Crippen LogP contribution in [0, 0.1) is 0 Å². The molecule has 4 heteroatoms. The van der Waals surface area contributed by atoms with E-state index in [1.165, 1.54) is 0 Å². The molecule has 1 aromatic rings. The highest BCUT2D eigenvalue weighted by atomic mass is 16.5. The van der Waals surface area contributed by atoms with Gasteiger partial charge in [-0.15, -0.1) is 0 Å². The third kappa shape index (κ3) is 2.36. The predicted molar refractivity (Wildman–Crippen MR) is 72.3 cm³/mol. The number of fused-ring (bicyclic) bond motifs is 1. The molecule has 2 heterocycles. The summed E-state index contributed by atoms with van der Waals surface area (Å²) >= 11 is 0. The Labute approximate surface area is 113 Å². The summed E-state index contributed by atoms with van der Waals surface area (Å²) in [4.78, 5) is 2.31. The molecule has 4 nitrogen and oxygen atoms in total. The molecule has 1 aromatic carbocycles. The molecule has 0 aromatic heterocycles. The molecule has 3 rings (SSSR count). The van der Waals surface area contributed by atoms with Crippen molar-refractivity contribution in [1.29, 1.82) is 0 Å². The monoisotopic (exact) mass is 263 g/mol. The van der Waals surface area contributed by atoms with Gasteiger partial charge in [-0.1, -0.05) is 18.2 Å². The maximum Gasteiger partial charge on any atom is 0.125 e. The van der Waals surface area contributed by atoms with Crippen molar-refractivity contribution in [1.82, 2.24) is 4.90 Å². The van der Waals surface area contributed by atoms with Crippen molar-refractivity contribution in [2.45, 2.75) is 38.1 Å². The number of para-hydroxylation sites is 1. The highest BCUT2D eigenvalue weighted by Crippen LogP contribution is 2.35. The lowest BCUT2D eigenvalue weighted by molar-refractivity contribution is -0.100. The van der Waals surface area contributed by atoms with Gasteiger partial charge in [-0.05, 0) is 19.9 Å². The Bertz CT molecular complexity index is 451. The van der Waals surface area contributed by atoms with E-state index in [0.717, 1.165) is 17.9 Å². The van der Waals surface area contributed by atoms with E-state index in [2.05, 4.69) is 18.7 Å². The van der Waals surface area contributed by atoms with Crippen LogP contribution in [0.4, 0.5) is 0 Å². The Kier molecular flexibility index (Phi) is 3.48. The minimum absolute atomic E-state index is 0.0104. The van der Waals surface area contributed by atoms with Gasteiger partial charge >= 0.3 is 0 Å². The minimum atomic E-state index is -0.488. The molecule has 1 fully saturated rings. The van der Waals surface area contributed by atoms with E-state index in [-0.39, 0.29) is 12.1 Å². The van der Waals surface area contributed by atoms with E-state index in [1.807, 2.05) is 24.3 Å². The van der Waals surface area contributed by atoms with Gasteiger partial charge in [0.05, 0.1) is 18.8 Å². The molecule has 0 aliphatic carbocycles. The van der Waals surface area contributed by atoms with Crippen molar-refractivity contribution in [2.75, 3.05) is 19.8 Å². The van der Waals surface area contributed by atoms with Crippen LogP contribution in [0.2, 0.25) is 0 Å². The zero-order valence-electron chi connectivity index (χ0n) is 11.5. The van der Waals surface area contributed by atoms with Gasteiger partial charge in [-0.3, -0.25) is 4.90 Å². The van der Waals surface area contributed by atoms with Crippen molar-refractivity contribution in [2.24, 2.45) is 0 Å². The van der Waals surface area contributed by atoms with Crippen molar-refractivity contribution >= 4 is 0 Å². The second kappa shape index (κ2) is 5.12. The fourth-order valence-corrected chi connectivity index (χ4v) is 3.00. The topological polar surface area (TPSA) is 41.9 Å². The average molecular weight is 263 g/mol. The summed E-state index contributed by atoms with van der Waals surface area (Å²) in [7, 11) is 0. The fourth-order valence-electron chi connectivity index (χ4n) is 3.00. The van der Waals surface area contributed by atoms with Gasteiger partial charge in [0, 0.05) is 18.2 Å². The van der Waals surface area contributed by atoms with E-state index in [9.17, 15) is 5.11 Å². The van der Waals surface area contributed by atoms with Crippen molar-refractivity contribution in [3.63, 3.8) is 0 Å². The summed E-state index contributed by atoms with van der Waals surface area (Å²) in [6.07, 6.45) is -0.279. The first-order valence-corrected chi connectivity index (χ1v) is 6.94. The Balaban J connectivity index is 1.83. The second-order valence-electron chi connectivity index (χ2n) is 5.55. The van der Waals surface area contributed by atoms with Gasteiger partial charge in [0.15, 0.2) is 0 Å². The molecular formula is C15H21NO3. The molecule has 4 atom stereocenters. The third-order valence-electron chi connectivity index (χ3n) is 4.09. The van der Waals surface area contributed by atoms with Crippen LogP contribution in [0.3, 0.4) is 0 Å². The number of aliphatic hydroxyl groups is 1. The Hall–Kier alpha value is -1.10. The minimum Gasteiger partial charge on any atom is -0.491 e. The Morgan fingerprint density at radius 2 is 2.00 bits per heavy atom. The highest BCUT2D eigenvalue weighted by Gasteiger charge is 2.38. The van der Waals surface area contributed by atoms with Gasteiger partial charge < -0.3 is 14.6 Å². The first kappa shape index (κ1) is 12.9. The van der Waals surface area contributed by atoms with Crippen molar-refractivity contribution < 1.29 is 14.6 Å². The molecule has 1 saturated heterocycles. The summed E-state index contributed by atoms with van der Waals surface area (Å²) in [6, 6.07) is 8.06. The number of hydrogen-bond acceptors (Lipinski definition) is 4. The van der Waals surface area contributed by atoms with Gasteiger partial charge in [-0.25, -0.2) is 0 Å². The molecule has 0 saturated carbocycles.